The number of carbonyl (C=O) groups is 1. The molecule has 0 radical (unpaired) electrons. The van der Waals surface area contributed by atoms with Crippen LogP contribution >= 0.6 is 0 Å². The zero-order valence-corrected chi connectivity index (χ0v) is 22.9. The molecule has 4 rings (SSSR count). The molecule has 0 unspecified atom stereocenters. The topological polar surface area (TPSA) is 97.4 Å². The Bertz CT molecular complexity index is 1270. The number of methoxy groups -OCH3 is 2. The second-order valence-corrected chi connectivity index (χ2v) is 9.14. The molecule has 0 saturated carbocycles. The number of rotatable bonds is 9. The third-order valence-electron chi connectivity index (χ3n) is 6.47. The van der Waals surface area contributed by atoms with Crippen molar-refractivity contribution in [3.05, 3.63) is 66.9 Å². The van der Waals surface area contributed by atoms with E-state index in [1.807, 2.05) is 19.9 Å². The number of hydrogen-bond acceptors (Lipinski definition) is 8. The summed E-state index contributed by atoms with van der Waals surface area (Å²) in [7, 11) is 3.04. The lowest BCUT2D eigenvalue weighted by Gasteiger charge is -2.43. The van der Waals surface area contributed by atoms with E-state index in [9.17, 15) is 18.0 Å². The van der Waals surface area contributed by atoms with Gasteiger partial charge in [-0.05, 0) is 49.7 Å². The zero-order chi connectivity index (χ0) is 29.6. The molecule has 41 heavy (non-hydrogen) atoms. The number of anilines is 1. The van der Waals surface area contributed by atoms with Gasteiger partial charge in [0.15, 0.2) is 0 Å². The van der Waals surface area contributed by atoms with Gasteiger partial charge in [-0.1, -0.05) is 30.3 Å². The van der Waals surface area contributed by atoms with Gasteiger partial charge in [-0.2, -0.15) is 0 Å². The molecule has 1 aliphatic rings. The highest BCUT2D eigenvalue weighted by atomic mass is 19.4. The van der Waals surface area contributed by atoms with Crippen LogP contribution in [0.5, 0.6) is 5.75 Å². The van der Waals surface area contributed by atoms with Crippen molar-refractivity contribution in [1.82, 2.24) is 4.98 Å². The van der Waals surface area contributed by atoms with Crippen molar-refractivity contribution < 1.29 is 46.4 Å². The molecular formula is C29H31F3N2O7. The Balaban J connectivity index is 1.36. The maximum Gasteiger partial charge on any atom is 0.573 e. The molecule has 1 amide bonds. The molecule has 2 heterocycles. The summed E-state index contributed by atoms with van der Waals surface area (Å²) in [5.41, 5.74) is 3.37. The van der Waals surface area contributed by atoms with Crippen LogP contribution in [0.25, 0.3) is 22.4 Å². The van der Waals surface area contributed by atoms with Crippen molar-refractivity contribution in [1.29, 1.82) is 0 Å². The van der Waals surface area contributed by atoms with Crippen LogP contribution < -0.4 is 10.1 Å². The average Bonchev–Trinajstić information content (AvgIpc) is 2.93. The monoisotopic (exact) mass is 576 g/mol. The third kappa shape index (κ3) is 7.73. The summed E-state index contributed by atoms with van der Waals surface area (Å²) in [4.78, 5) is 17.1. The standard InChI is InChI=1S/C29H31F3N2O7/c1-5-38-25-24(36-3)17(2)39-27(26(25)37-4)40-28(35)34-21-11-6-19(7-12-21)23-15-10-20(16-33-23)18-8-13-22(14-9-18)41-29(30,31)32/h6-17,24-27H,5H2,1-4H3,(H,34,35)/t17-,24-,25+,26+,27-/m0/s1. The van der Waals surface area contributed by atoms with Gasteiger partial charge < -0.3 is 28.4 Å². The maximum atomic E-state index is 12.7. The van der Waals surface area contributed by atoms with Crippen LogP contribution in [-0.2, 0) is 23.7 Å². The van der Waals surface area contributed by atoms with Gasteiger partial charge in [0, 0.05) is 43.8 Å². The minimum absolute atomic E-state index is 0.294. The fourth-order valence-electron chi connectivity index (χ4n) is 4.58. The third-order valence-corrected chi connectivity index (χ3v) is 6.47. The van der Waals surface area contributed by atoms with Gasteiger partial charge in [0.25, 0.3) is 0 Å². The molecule has 0 bridgehead atoms. The lowest BCUT2D eigenvalue weighted by molar-refractivity contribution is -0.292. The molecule has 220 valence electrons. The molecule has 1 fully saturated rings. The van der Waals surface area contributed by atoms with E-state index in [0.29, 0.717) is 23.6 Å². The van der Waals surface area contributed by atoms with Crippen LogP contribution in [0.4, 0.5) is 23.7 Å². The predicted octanol–water partition coefficient (Wildman–Crippen LogP) is 6.04. The number of benzene rings is 2. The van der Waals surface area contributed by atoms with Gasteiger partial charge in [0.2, 0.25) is 6.29 Å². The summed E-state index contributed by atoms with van der Waals surface area (Å²) in [6.07, 6.45) is -6.82. The number of alkyl halides is 3. The van der Waals surface area contributed by atoms with Gasteiger partial charge >= 0.3 is 12.5 Å². The number of pyridine rings is 1. The first kappa shape index (κ1) is 30.3. The zero-order valence-electron chi connectivity index (χ0n) is 22.9. The molecule has 1 aromatic heterocycles. The van der Waals surface area contributed by atoms with E-state index in [1.54, 1.807) is 43.6 Å². The van der Waals surface area contributed by atoms with E-state index in [4.69, 9.17) is 23.7 Å². The van der Waals surface area contributed by atoms with Gasteiger partial charge in [0.05, 0.1) is 11.8 Å². The molecule has 5 atom stereocenters. The number of carbonyl (C=O) groups excluding carboxylic acids is 1. The van der Waals surface area contributed by atoms with E-state index >= 15 is 0 Å². The van der Waals surface area contributed by atoms with E-state index in [-0.39, 0.29) is 5.75 Å². The van der Waals surface area contributed by atoms with E-state index in [0.717, 1.165) is 11.1 Å². The van der Waals surface area contributed by atoms with E-state index < -0.39 is 43.2 Å². The number of halogens is 3. The van der Waals surface area contributed by atoms with Gasteiger partial charge in [-0.25, -0.2) is 4.79 Å². The molecule has 1 N–H and O–H groups in total. The SMILES string of the molecule is CCO[C@@H]1[C@@H](OC)[C@H](C)O[C@@H](OC(=O)Nc2ccc(-c3ccc(-c4ccc(OC(F)(F)F)cc4)cn3)cc2)[C@@H]1OC. The molecule has 3 aromatic rings. The van der Waals surface area contributed by atoms with Crippen molar-refractivity contribution in [2.75, 3.05) is 26.1 Å². The van der Waals surface area contributed by atoms with Crippen molar-refractivity contribution in [3.8, 4) is 28.1 Å². The summed E-state index contributed by atoms with van der Waals surface area (Å²) in [6, 6.07) is 16.1. The summed E-state index contributed by atoms with van der Waals surface area (Å²) < 4.78 is 69.3. The molecule has 2 aromatic carbocycles. The van der Waals surface area contributed by atoms with Gasteiger partial charge in [-0.3, -0.25) is 10.3 Å². The lowest BCUT2D eigenvalue weighted by Crippen LogP contribution is -2.60. The minimum atomic E-state index is -4.74. The second-order valence-electron chi connectivity index (χ2n) is 9.14. The van der Waals surface area contributed by atoms with Crippen molar-refractivity contribution >= 4 is 11.8 Å². The van der Waals surface area contributed by atoms with Crippen LogP contribution in [0, 0.1) is 0 Å². The molecule has 1 saturated heterocycles. The minimum Gasteiger partial charge on any atom is -0.416 e. The van der Waals surface area contributed by atoms with Gasteiger partial charge in [0.1, 0.15) is 24.1 Å². The number of ether oxygens (including phenoxy) is 6. The summed E-state index contributed by atoms with van der Waals surface area (Å²) in [5, 5.41) is 2.68. The number of hydrogen-bond donors (Lipinski definition) is 1. The first-order valence-corrected chi connectivity index (χ1v) is 12.8. The Labute approximate surface area is 235 Å². The summed E-state index contributed by atoms with van der Waals surface area (Å²) in [5.74, 6) is -0.294. The highest BCUT2D eigenvalue weighted by Crippen LogP contribution is 2.30. The first-order valence-electron chi connectivity index (χ1n) is 12.8. The maximum absolute atomic E-state index is 12.7. The summed E-state index contributed by atoms with van der Waals surface area (Å²) >= 11 is 0. The fraction of sp³-hybridized carbons (Fsp3) is 0.379. The summed E-state index contributed by atoms with van der Waals surface area (Å²) in [6.45, 7) is 4.09. The quantitative estimate of drug-likeness (QED) is 0.329. The van der Waals surface area contributed by atoms with Crippen molar-refractivity contribution in [2.24, 2.45) is 0 Å². The van der Waals surface area contributed by atoms with Gasteiger partial charge in [-0.15, -0.1) is 13.2 Å². The number of nitrogens with one attached hydrogen (secondary N) is 1. The van der Waals surface area contributed by atoms with Crippen LogP contribution in [0.15, 0.2) is 66.9 Å². The number of aromatic nitrogens is 1. The molecule has 9 nitrogen and oxygen atoms in total. The van der Waals surface area contributed by atoms with E-state index in [2.05, 4.69) is 15.0 Å². The fourth-order valence-corrected chi connectivity index (χ4v) is 4.58. The molecule has 1 aliphatic heterocycles. The number of nitrogens with zero attached hydrogens (tertiary/aromatic N) is 1. The van der Waals surface area contributed by atoms with Crippen molar-refractivity contribution in [3.63, 3.8) is 0 Å². The molecule has 0 aliphatic carbocycles. The predicted molar refractivity (Wildman–Crippen MR) is 143 cm³/mol. The lowest BCUT2D eigenvalue weighted by atomic mass is 9.99. The number of amides is 1. The van der Waals surface area contributed by atoms with E-state index in [1.165, 1.54) is 31.4 Å². The Morgan fingerprint density at radius 1 is 0.902 bits per heavy atom. The Morgan fingerprint density at radius 2 is 1.54 bits per heavy atom. The average molecular weight is 577 g/mol. The van der Waals surface area contributed by atoms with Crippen LogP contribution in [-0.4, -0.2) is 69.0 Å². The van der Waals surface area contributed by atoms with Crippen LogP contribution in [0.1, 0.15) is 13.8 Å². The smallest absolute Gasteiger partial charge is 0.416 e. The second kappa shape index (κ2) is 13.3. The van der Waals surface area contributed by atoms with Crippen LogP contribution in [0.3, 0.4) is 0 Å². The van der Waals surface area contributed by atoms with Crippen LogP contribution in [0.2, 0.25) is 0 Å². The van der Waals surface area contributed by atoms with Crippen molar-refractivity contribution in [2.45, 2.75) is 50.9 Å². The highest BCUT2D eigenvalue weighted by Gasteiger charge is 2.47. The highest BCUT2D eigenvalue weighted by molar-refractivity contribution is 5.85. The molecule has 12 heteroatoms. The Hall–Kier alpha value is -3.71. The Kier molecular flexibility index (Phi) is 9.81. The largest absolute Gasteiger partial charge is 0.573 e. The first-order chi connectivity index (χ1) is 19.6. The Morgan fingerprint density at radius 3 is 2.10 bits per heavy atom. The normalized spacial score (nSPS) is 22.7. The molecule has 0 spiro atoms. The molecular weight excluding hydrogens is 545 g/mol.